The molecule has 2 rings (SSSR count). The number of piperidine rings is 1. The van der Waals surface area contributed by atoms with Gasteiger partial charge in [-0.2, -0.15) is 0 Å². The molecular formula is C18H31ClN4O. The number of nitrogens with one attached hydrogen (secondary N) is 2. The summed E-state index contributed by atoms with van der Waals surface area (Å²) in [7, 11) is 0. The first-order chi connectivity index (χ1) is 10.8. The van der Waals surface area contributed by atoms with E-state index in [2.05, 4.69) is 29.4 Å². The molecular weight excluding hydrogens is 324 g/mol. The largest absolute Gasteiger partial charge is 0.338 e. The molecule has 0 radical (unpaired) electrons. The molecule has 2 amide bonds. The average molecular weight is 355 g/mol. The Morgan fingerprint density at radius 3 is 2.62 bits per heavy atom. The van der Waals surface area contributed by atoms with Gasteiger partial charge < -0.3 is 21.3 Å². The van der Waals surface area contributed by atoms with E-state index in [1.54, 1.807) is 0 Å². The third kappa shape index (κ3) is 7.51. The molecule has 5 nitrogen and oxygen atoms in total. The molecule has 1 saturated heterocycles. The average Bonchev–Trinajstić information content (AvgIpc) is 2.46. The first-order valence-corrected chi connectivity index (χ1v) is 8.44. The van der Waals surface area contributed by atoms with Crippen molar-refractivity contribution >= 4 is 24.1 Å². The zero-order valence-corrected chi connectivity index (χ0v) is 15.8. The second-order valence-electron chi connectivity index (χ2n) is 7.43. The number of likely N-dealkylation sites (tertiary alicyclic amines) is 1. The summed E-state index contributed by atoms with van der Waals surface area (Å²) in [5, 5.41) is 5.87. The molecule has 0 spiro atoms. The van der Waals surface area contributed by atoms with Gasteiger partial charge in [0.2, 0.25) is 0 Å². The van der Waals surface area contributed by atoms with E-state index in [1.807, 2.05) is 31.2 Å². The van der Waals surface area contributed by atoms with E-state index >= 15 is 0 Å². The van der Waals surface area contributed by atoms with Crippen molar-refractivity contribution in [3.8, 4) is 0 Å². The number of carbonyl (C=O) groups is 1. The number of carbonyl (C=O) groups excluding carboxylic acids is 1. The molecule has 0 aromatic heterocycles. The summed E-state index contributed by atoms with van der Waals surface area (Å²) in [4.78, 5) is 14.4. The lowest BCUT2D eigenvalue weighted by atomic mass is 9.96. The fourth-order valence-corrected chi connectivity index (χ4v) is 3.09. The highest BCUT2D eigenvalue weighted by Gasteiger charge is 2.24. The Morgan fingerprint density at radius 2 is 2.00 bits per heavy atom. The highest BCUT2D eigenvalue weighted by molar-refractivity contribution is 5.89. The molecule has 1 fully saturated rings. The normalized spacial score (nSPS) is 18.6. The summed E-state index contributed by atoms with van der Waals surface area (Å²) in [5.41, 5.74) is 7.94. The zero-order valence-electron chi connectivity index (χ0n) is 15.0. The van der Waals surface area contributed by atoms with E-state index in [0.717, 1.165) is 31.7 Å². The molecule has 1 atom stereocenters. The molecule has 1 unspecified atom stereocenters. The molecule has 1 heterocycles. The van der Waals surface area contributed by atoms with Gasteiger partial charge in [-0.3, -0.25) is 0 Å². The zero-order chi connectivity index (χ0) is 16.9. The third-order valence-electron chi connectivity index (χ3n) is 4.09. The van der Waals surface area contributed by atoms with E-state index in [1.165, 1.54) is 12.0 Å². The van der Waals surface area contributed by atoms with Crippen molar-refractivity contribution in [2.75, 3.05) is 31.5 Å². The monoisotopic (exact) mass is 354 g/mol. The van der Waals surface area contributed by atoms with Gasteiger partial charge in [-0.1, -0.05) is 17.7 Å². The van der Waals surface area contributed by atoms with Gasteiger partial charge in [-0.15, -0.1) is 12.4 Å². The van der Waals surface area contributed by atoms with Crippen molar-refractivity contribution in [1.29, 1.82) is 0 Å². The van der Waals surface area contributed by atoms with Gasteiger partial charge in [-0.25, -0.2) is 4.79 Å². The summed E-state index contributed by atoms with van der Waals surface area (Å²) >= 11 is 0. The predicted molar refractivity (Wildman–Crippen MR) is 103 cm³/mol. The van der Waals surface area contributed by atoms with Crippen LogP contribution in [0.5, 0.6) is 0 Å². The van der Waals surface area contributed by atoms with Gasteiger partial charge in [0.25, 0.3) is 0 Å². The van der Waals surface area contributed by atoms with Crippen LogP contribution in [0.2, 0.25) is 0 Å². The Morgan fingerprint density at radius 1 is 1.33 bits per heavy atom. The molecule has 0 bridgehead atoms. The highest BCUT2D eigenvalue weighted by atomic mass is 35.5. The Balaban J connectivity index is 0.00000288. The number of halogens is 1. The Bertz CT molecular complexity index is 513. The quantitative estimate of drug-likeness (QED) is 0.761. The van der Waals surface area contributed by atoms with E-state index in [-0.39, 0.29) is 24.0 Å². The van der Waals surface area contributed by atoms with Crippen LogP contribution < -0.4 is 16.4 Å². The molecule has 136 valence electrons. The molecule has 0 saturated carbocycles. The number of nitrogens with two attached hydrogens (primary N) is 1. The maximum absolute atomic E-state index is 12.0. The van der Waals surface area contributed by atoms with Crippen molar-refractivity contribution in [3.63, 3.8) is 0 Å². The lowest BCUT2D eigenvalue weighted by Crippen LogP contribution is -2.50. The minimum Gasteiger partial charge on any atom is -0.338 e. The maximum atomic E-state index is 12.0. The van der Waals surface area contributed by atoms with Crippen molar-refractivity contribution in [1.82, 2.24) is 10.2 Å². The summed E-state index contributed by atoms with van der Waals surface area (Å²) in [6.45, 7) is 9.87. The fraction of sp³-hybridized carbons (Fsp3) is 0.611. The standard InChI is InChI=1S/C18H30N4O.ClH/c1-14-6-8-16(9-7-14)21-17(23)20-11-15-5-4-10-22(12-15)13-18(2,3)19;/h6-9,15H,4-5,10-13,19H2,1-3H3,(H2,20,21,23);1H. The number of urea groups is 1. The second kappa shape index (κ2) is 9.25. The highest BCUT2D eigenvalue weighted by Crippen LogP contribution is 2.17. The molecule has 6 heteroatoms. The first-order valence-electron chi connectivity index (χ1n) is 8.44. The van der Waals surface area contributed by atoms with Crippen LogP contribution in [-0.4, -0.2) is 42.6 Å². The van der Waals surface area contributed by atoms with Crippen molar-refractivity contribution < 1.29 is 4.79 Å². The summed E-state index contributed by atoms with van der Waals surface area (Å²) in [6, 6.07) is 7.68. The molecule has 4 N–H and O–H groups in total. The van der Waals surface area contributed by atoms with Crippen molar-refractivity contribution in [2.24, 2.45) is 11.7 Å². The van der Waals surface area contributed by atoms with Crippen LogP contribution in [0, 0.1) is 12.8 Å². The Kier molecular flexibility index (Phi) is 8.00. The van der Waals surface area contributed by atoms with Crippen LogP contribution >= 0.6 is 12.4 Å². The van der Waals surface area contributed by atoms with Crippen LogP contribution in [0.1, 0.15) is 32.3 Å². The maximum Gasteiger partial charge on any atom is 0.319 e. The van der Waals surface area contributed by atoms with Crippen LogP contribution in [0.3, 0.4) is 0 Å². The van der Waals surface area contributed by atoms with Gasteiger partial charge in [0.15, 0.2) is 0 Å². The van der Waals surface area contributed by atoms with E-state index in [0.29, 0.717) is 12.5 Å². The number of nitrogens with zero attached hydrogens (tertiary/aromatic N) is 1. The number of hydrogen-bond acceptors (Lipinski definition) is 3. The number of hydrogen-bond donors (Lipinski definition) is 3. The van der Waals surface area contributed by atoms with Gasteiger partial charge >= 0.3 is 6.03 Å². The van der Waals surface area contributed by atoms with Gasteiger partial charge in [0.1, 0.15) is 0 Å². The summed E-state index contributed by atoms with van der Waals surface area (Å²) in [6.07, 6.45) is 2.33. The Labute approximate surface area is 151 Å². The molecule has 0 aliphatic carbocycles. The van der Waals surface area contributed by atoms with Crippen molar-refractivity contribution in [2.45, 2.75) is 39.2 Å². The smallest absolute Gasteiger partial charge is 0.319 e. The second-order valence-corrected chi connectivity index (χ2v) is 7.43. The number of anilines is 1. The Hall–Kier alpha value is -1.30. The summed E-state index contributed by atoms with van der Waals surface area (Å²) < 4.78 is 0. The molecule has 1 aromatic carbocycles. The van der Waals surface area contributed by atoms with Crippen LogP contribution in [-0.2, 0) is 0 Å². The third-order valence-corrected chi connectivity index (χ3v) is 4.09. The lowest BCUT2D eigenvalue weighted by Gasteiger charge is -2.36. The van der Waals surface area contributed by atoms with Crippen LogP contribution in [0.25, 0.3) is 0 Å². The number of benzene rings is 1. The SMILES string of the molecule is Cc1ccc(NC(=O)NCC2CCCN(CC(C)(C)N)C2)cc1.Cl. The van der Waals surface area contributed by atoms with E-state index in [4.69, 9.17) is 5.73 Å². The molecule has 24 heavy (non-hydrogen) atoms. The predicted octanol–water partition coefficient (Wildman–Crippen LogP) is 2.99. The molecule has 1 aliphatic rings. The van der Waals surface area contributed by atoms with Gasteiger partial charge in [-0.05, 0) is 58.2 Å². The van der Waals surface area contributed by atoms with Gasteiger partial charge in [0, 0.05) is 30.9 Å². The lowest BCUT2D eigenvalue weighted by molar-refractivity contribution is 0.148. The van der Waals surface area contributed by atoms with E-state index < -0.39 is 0 Å². The minimum absolute atomic E-state index is 0. The fourth-order valence-electron chi connectivity index (χ4n) is 3.09. The topological polar surface area (TPSA) is 70.4 Å². The van der Waals surface area contributed by atoms with E-state index in [9.17, 15) is 4.79 Å². The van der Waals surface area contributed by atoms with Crippen molar-refractivity contribution in [3.05, 3.63) is 29.8 Å². The molecule has 1 aromatic rings. The number of amides is 2. The number of rotatable bonds is 5. The van der Waals surface area contributed by atoms with Crippen LogP contribution in [0.4, 0.5) is 10.5 Å². The minimum atomic E-state index is -0.169. The first kappa shape index (κ1) is 20.7. The molecule has 1 aliphatic heterocycles. The summed E-state index contributed by atoms with van der Waals surface area (Å²) in [5.74, 6) is 0.495. The number of aryl methyl sites for hydroxylation is 1. The van der Waals surface area contributed by atoms with Gasteiger partial charge in [0.05, 0.1) is 0 Å². The van der Waals surface area contributed by atoms with Crippen LogP contribution in [0.15, 0.2) is 24.3 Å².